The highest BCUT2D eigenvalue weighted by Gasteiger charge is 2.47. The monoisotopic (exact) mass is 281 g/mol. The molecule has 1 atom stereocenters. The Kier molecular flexibility index (Phi) is 3.91. The standard InChI is InChI=1S/C13H15NO6/c15-11(16)10-6-13(18,19)8-14(10)12(17)20-7-9-4-2-1-3-5-9/h1-5,10,18-19H,6-8H2,(H,15,16)/t10-/m0/s1. The Labute approximate surface area is 115 Å². The van der Waals surface area contributed by atoms with Gasteiger partial charge in [-0.05, 0) is 5.56 Å². The van der Waals surface area contributed by atoms with Crippen molar-refractivity contribution in [2.45, 2.75) is 24.9 Å². The Morgan fingerprint density at radius 1 is 1.30 bits per heavy atom. The normalized spacial score (nSPS) is 20.7. The summed E-state index contributed by atoms with van der Waals surface area (Å²) in [5.74, 6) is -3.50. The van der Waals surface area contributed by atoms with Crippen LogP contribution in [0.3, 0.4) is 0 Å². The lowest BCUT2D eigenvalue weighted by Crippen LogP contribution is -2.41. The third kappa shape index (κ3) is 3.25. The summed E-state index contributed by atoms with van der Waals surface area (Å²) < 4.78 is 4.99. The van der Waals surface area contributed by atoms with Gasteiger partial charge in [0.05, 0.1) is 6.54 Å². The van der Waals surface area contributed by atoms with E-state index in [-0.39, 0.29) is 6.61 Å². The van der Waals surface area contributed by atoms with Crippen molar-refractivity contribution in [3.8, 4) is 0 Å². The minimum atomic E-state index is -2.20. The first-order chi connectivity index (χ1) is 9.39. The van der Waals surface area contributed by atoms with E-state index in [1.54, 1.807) is 24.3 Å². The summed E-state index contributed by atoms with van der Waals surface area (Å²) in [6, 6.07) is 7.60. The number of hydrogen-bond donors (Lipinski definition) is 3. The van der Waals surface area contributed by atoms with Crippen LogP contribution in [-0.4, -0.2) is 50.7 Å². The lowest BCUT2D eigenvalue weighted by molar-refractivity contribution is -0.152. The molecule has 1 fully saturated rings. The molecule has 0 spiro atoms. The van der Waals surface area contributed by atoms with Crippen molar-refractivity contribution >= 4 is 12.1 Å². The Morgan fingerprint density at radius 2 is 1.95 bits per heavy atom. The number of likely N-dealkylation sites (tertiary alicyclic amines) is 1. The van der Waals surface area contributed by atoms with Crippen molar-refractivity contribution in [3.63, 3.8) is 0 Å². The van der Waals surface area contributed by atoms with Crippen LogP contribution in [0.5, 0.6) is 0 Å². The maximum atomic E-state index is 11.8. The number of carbonyl (C=O) groups is 2. The van der Waals surface area contributed by atoms with Gasteiger partial charge in [-0.15, -0.1) is 0 Å². The van der Waals surface area contributed by atoms with E-state index in [4.69, 9.17) is 9.84 Å². The van der Waals surface area contributed by atoms with Crippen LogP contribution >= 0.6 is 0 Å². The molecule has 2 rings (SSSR count). The smallest absolute Gasteiger partial charge is 0.411 e. The second kappa shape index (κ2) is 5.48. The van der Waals surface area contributed by atoms with Crippen LogP contribution in [0.4, 0.5) is 4.79 Å². The summed E-state index contributed by atoms with van der Waals surface area (Å²) in [6.45, 7) is -0.496. The molecule has 1 aliphatic heterocycles. The van der Waals surface area contributed by atoms with Gasteiger partial charge in [0.25, 0.3) is 0 Å². The Bertz CT molecular complexity index is 501. The van der Waals surface area contributed by atoms with Crippen molar-refractivity contribution in [3.05, 3.63) is 35.9 Å². The maximum Gasteiger partial charge on any atom is 0.411 e. The number of rotatable bonds is 3. The fourth-order valence-electron chi connectivity index (χ4n) is 2.08. The van der Waals surface area contributed by atoms with E-state index in [1.165, 1.54) is 0 Å². The molecule has 20 heavy (non-hydrogen) atoms. The first-order valence-corrected chi connectivity index (χ1v) is 6.04. The van der Waals surface area contributed by atoms with E-state index in [0.29, 0.717) is 0 Å². The quantitative estimate of drug-likeness (QED) is 0.681. The number of benzene rings is 1. The van der Waals surface area contributed by atoms with Gasteiger partial charge in [0.2, 0.25) is 0 Å². The summed E-state index contributed by atoms with van der Waals surface area (Å²) in [5, 5.41) is 27.9. The fraction of sp³-hybridized carbons (Fsp3) is 0.385. The van der Waals surface area contributed by atoms with Crippen LogP contribution in [0.1, 0.15) is 12.0 Å². The maximum absolute atomic E-state index is 11.8. The molecule has 7 nitrogen and oxygen atoms in total. The van der Waals surface area contributed by atoms with Crippen LogP contribution in [-0.2, 0) is 16.1 Å². The lowest BCUT2D eigenvalue weighted by Gasteiger charge is -2.20. The van der Waals surface area contributed by atoms with Gasteiger partial charge in [0.15, 0.2) is 5.79 Å². The van der Waals surface area contributed by atoms with Gasteiger partial charge >= 0.3 is 12.1 Å². The molecule has 0 radical (unpaired) electrons. The Hall–Kier alpha value is -2.12. The molecule has 1 amide bonds. The molecule has 1 aliphatic rings. The molecule has 0 unspecified atom stereocenters. The molecule has 3 N–H and O–H groups in total. The summed E-state index contributed by atoms with van der Waals surface area (Å²) in [4.78, 5) is 23.7. The zero-order chi connectivity index (χ0) is 14.8. The number of carboxylic acid groups (broad SMARTS) is 1. The van der Waals surface area contributed by atoms with E-state index < -0.39 is 36.9 Å². The number of nitrogens with zero attached hydrogens (tertiary/aromatic N) is 1. The number of β-amino-alcohol motifs (C(OH)–C–C–N with tert-alkyl or cyclic N) is 2. The first-order valence-electron chi connectivity index (χ1n) is 6.04. The number of amides is 1. The lowest BCUT2D eigenvalue weighted by atomic mass is 10.1. The molecular formula is C13H15NO6. The van der Waals surface area contributed by atoms with Gasteiger partial charge in [-0.1, -0.05) is 30.3 Å². The highest BCUT2D eigenvalue weighted by atomic mass is 16.6. The van der Waals surface area contributed by atoms with E-state index in [9.17, 15) is 19.8 Å². The molecule has 0 aliphatic carbocycles. The molecule has 0 saturated carbocycles. The fourth-order valence-corrected chi connectivity index (χ4v) is 2.08. The Balaban J connectivity index is 1.99. The van der Waals surface area contributed by atoms with E-state index in [1.807, 2.05) is 6.07 Å². The number of carboxylic acids is 1. The summed E-state index contributed by atoms with van der Waals surface area (Å²) in [5.41, 5.74) is 0.756. The third-order valence-corrected chi connectivity index (χ3v) is 3.04. The van der Waals surface area contributed by atoms with Crippen LogP contribution < -0.4 is 0 Å². The van der Waals surface area contributed by atoms with Gasteiger partial charge in [-0.25, -0.2) is 9.59 Å². The number of aliphatic hydroxyl groups is 2. The molecule has 0 aromatic heterocycles. The van der Waals surface area contributed by atoms with Gasteiger partial charge in [-0.3, -0.25) is 4.90 Å². The predicted molar refractivity (Wildman–Crippen MR) is 66.5 cm³/mol. The van der Waals surface area contributed by atoms with Crippen molar-refractivity contribution in [2.24, 2.45) is 0 Å². The predicted octanol–water partition coefficient (Wildman–Crippen LogP) is 0.163. The molecule has 108 valence electrons. The zero-order valence-electron chi connectivity index (χ0n) is 10.6. The van der Waals surface area contributed by atoms with Crippen molar-refractivity contribution in [1.29, 1.82) is 0 Å². The van der Waals surface area contributed by atoms with Crippen molar-refractivity contribution in [1.82, 2.24) is 4.90 Å². The SMILES string of the molecule is O=C(O)[C@@H]1CC(O)(O)CN1C(=O)OCc1ccccc1. The van der Waals surface area contributed by atoms with Crippen LogP contribution in [0.2, 0.25) is 0 Å². The number of aliphatic carboxylic acids is 1. The minimum Gasteiger partial charge on any atom is -0.480 e. The molecule has 1 saturated heterocycles. The van der Waals surface area contributed by atoms with Gasteiger partial charge < -0.3 is 20.1 Å². The Morgan fingerprint density at radius 3 is 2.55 bits per heavy atom. The highest BCUT2D eigenvalue weighted by Crippen LogP contribution is 2.26. The average Bonchev–Trinajstić information content (AvgIpc) is 2.74. The molecule has 1 heterocycles. The van der Waals surface area contributed by atoms with Crippen LogP contribution in [0.15, 0.2) is 30.3 Å². The molecular weight excluding hydrogens is 266 g/mol. The largest absolute Gasteiger partial charge is 0.480 e. The zero-order valence-corrected chi connectivity index (χ0v) is 10.6. The number of ether oxygens (including phenoxy) is 1. The molecule has 1 aromatic rings. The van der Waals surface area contributed by atoms with Crippen molar-refractivity contribution < 1.29 is 29.6 Å². The topological polar surface area (TPSA) is 107 Å². The summed E-state index contributed by atoms with van der Waals surface area (Å²) in [6.07, 6.45) is -1.32. The molecule has 7 heteroatoms. The second-order valence-electron chi connectivity index (χ2n) is 4.71. The van der Waals surface area contributed by atoms with E-state index in [0.717, 1.165) is 10.5 Å². The minimum absolute atomic E-state index is 0.00757. The highest BCUT2D eigenvalue weighted by molar-refractivity contribution is 5.81. The second-order valence-corrected chi connectivity index (χ2v) is 4.71. The van der Waals surface area contributed by atoms with Crippen LogP contribution in [0, 0.1) is 0 Å². The van der Waals surface area contributed by atoms with Gasteiger partial charge in [-0.2, -0.15) is 0 Å². The van der Waals surface area contributed by atoms with Gasteiger partial charge in [0.1, 0.15) is 12.6 Å². The van der Waals surface area contributed by atoms with E-state index >= 15 is 0 Å². The third-order valence-electron chi connectivity index (χ3n) is 3.04. The van der Waals surface area contributed by atoms with E-state index in [2.05, 4.69) is 0 Å². The summed E-state index contributed by atoms with van der Waals surface area (Å²) in [7, 11) is 0. The summed E-state index contributed by atoms with van der Waals surface area (Å²) >= 11 is 0. The molecule has 1 aromatic carbocycles. The average molecular weight is 281 g/mol. The van der Waals surface area contributed by atoms with Crippen molar-refractivity contribution in [2.75, 3.05) is 6.54 Å². The van der Waals surface area contributed by atoms with Gasteiger partial charge in [0, 0.05) is 6.42 Å². The molecule has 0 bridgehead atoms. The first kappa shape index (κ1) is 14.3. The number of carbonyl (C=O) groups excluding carboxylic acids is 1. The number of hydrogen-bond acceptors (Lipinski definition) is 5. The van der Waals surface area contributed by atoms with Crippen LogP contribution in [0.25, 0.3) is 0 Å².